The summed E-state index contributed by atoms with van der Waals surface area (Å²) in [6.07, 6.45) is 3.03. The Balaban J connectivity index is 1.45. The SMILES string of the molecule is COc1cc(-c2cccc(-c3cccc(NC(=O)c4cn(C)c(=O)n(C)c4=O)c3C)c2C)cc(F)c1CNC1CCOCC1. The largest absolute Gasteiger partial charge is 0.496 e. The zero-order valence-electron chi connectivity index (χ0n) is 25.6. The third kappa shape index (κ3) is 6.09. The van der Waals surface area contributed by atoms with Crippen LogP contribution in [-0.4, -0.2) is 41.4 Å². The number of halogens is 1. The van der Waals surface area contributed by atoms with Crippen LogP contribution in [-0.2, 0) is 25.4 Å². The van der Waals surface area contributed by atoms with Gasteiger partial charge in [-0.3, -0.25) is 14.2 Å². The lowest BCUT2D eigenvalue weighted by Crippen LogP contribution is -2.40. The van der Waals surface area contributed by atoms with Crippen molar-refractivity contribution in [2.45, 2.75) is 39.3 Å². The van der Waals surface area contributed by atoms with Crippen LogP contribution in [0.5, 0.6) is 5.75 Å². The highest BCUT2D eigenvalue weighted by Gasteiger charge is 2.20. The van der Waals surface area contributed by atoms with E-state index in [0.717, 1.165) is 45.2 Å². The maximum absolute atomic E-state index is 15.5. The van der Waals surface area contributed by atoms with Crippen molar-refractivity contribution in [2.24, 2.45) is 14.1 Å². The number of ether oxygens (including phenoxy) is 2. The van der Waals surface area contributed by atoms with Gasteiger partial charge < -0.3 is 24.7 Å². The van der Waals surface area contributed by atoms with Crippen LogP contribution >= 0.6 is 0 Å². The number of benzene rings is 3. The van der Waals surface area contributed by atoms with Crippen LogP contribution in [0.15, 0.2) is 64.3 Å². The average Bonchev–Trinajstić information content (AvgIpc) is 3.02. The van der Waals surface area contributed by atoms with E-state index in [1.807, 2.05) is 50.2 Å². The van der Waals surface area contributed by atoms with E-state index < -0.39 is 17.2 Å². The number of amides is 1. The van der Waals surface area contributed by atoms with E-state index in [2.05, 4.69) is 10.6 Å². The Morgan fingerprint density at radius 2 is 1.66 bits per heavy atom. The maximum atomic E-state index is 15.5. The van der Waals surface area contributed by atoms with Gasteiger partial charge in [-0.25, -0.2) is 9.18 Å². The van der Waals surface area contributed by atoms with E-state index in [0.29, 0.717) is 42.3 Å². The number of nitrogens with one attached hydrogen (secondary N) is 2. The zero-order valence-corrected chi connectivity index (χ0v) is 25.6. The smallest absolute Gasteiger partial charge is 0.330 e. The summed E-state index contributed by atoms with van der Waals surface area (Å²) in [5, 5.41) is 6.27. The van der Waals surface area contributed by atoms with Crippen LogP contribution in [0.1, 0.15) is 39.9 Å². The standard InChI is InChI=1S/C34H37FN4O5/c1-20-24(22-16-29(35)27(31(17-22)43-5)18-36-23-12-14-44-15-13-23)8-6-9-25(20)26-10-7-11-30(21(26)2)37-32(40)28-19-38(3)34(42)39(4)33(28)41/h6-11,16-17,19,23,36H,12-15,18H2,1-5H3,(H,37,40). The summed E-state index contributed by atoms with van der Waals surface area (Å²) in [4.78, 5) is 37.8. The highest BCUT2D eigenvalue weighted by atomic mass is 19.1. The first-order valence-corrected chi connectivity index (χ1v) is 14.6. The summed E-state index contributed by atoms with van der Waals surface area (Å²) in [5.74, 6) is -0.468. The number of carbonyl (C=O) groups excluding carboxylic acids is 1. The van der Waals surface area contributed by atoms with E-state index in [-0.39, 0.29) is 17.4 Å². The van der Waals surface area contributed by atoms with Gasteiger partial charge in [0.15, 0.2) is 0 Å². The van der Waals surface area contributed by atoms with Crippen molar-refractivity contribution in [3.05, 3.63) is 104 Å². The number of carbonyl (C=O) groups is 1. The first kappa shape index (κ1) is 30.9. The molecular formula is C34H37FN4O5. The molecule has 4 aromatic rings. The number of hydrogen-bond acceptors (Lipinski definition) is 6. The van der Waals surface area contributed by atoms with Gasteiger partial charge in [-0.2, -0.15) is 0 Å². The molecule has 44 heavy (non-hydrogen) atoms. The number of nitrogens with zero attached hydrogens (tertiary/aromatic N) is 2. The Bertz CT molecular complexity index is 1840. The summed E-state index contributed by atoms with van der Waals surface area (Å²) in [6, 6.07) is 15.1. The number of anilines is 1. The lowest BCUT2D eigenvalue weighted by molar-refractivity contribution is 0.0775. The van der Waals surface area contributed by atoms with Gasteiger partial charge in [-0.05, 0) is 78.3 Å². The molecule has 0 saturated carbocycles. The Labute approximate surface area is 255 Å². The van der Waals surface area contributed by atoms with Crippen LogP contribution in [0.2, 0.25) is 0 Å². The summed E-state index contributed by atoms with van der Waals surface area (Å²) in [7, 11) is 4.37. The molecule has 230 valence electrons. The third-order valence-electron chi connectivity index (χ3n) is 8.37. The molecular weight excluding hydrogens is 563 g/mol. The molecule has 0 unspecified atom stereocenters. The minimum absolute atomic E-state index is 0.139. The van der Waals surface area contributed by atoms with Gasteiger partial charge in [-0.15, -0.1) is 0 Å². The molecule has 1 saturated heterocycles. The molecule has 1 fully saturated rings. The van der Waals surface area contributed by atoms with Crippen LogP contribution < -0.4 is 26.6 Å². The monoisotopic (exact) mass is 600 g/mol. The molecule has 2 heterocycles. The fraction of sp³-hybridized carbons (Fsp3) is 0.324. The van der Waals surface area contributed by atoms with Gasteiger partial charge in [0.1, 0.15) is 17.1 Å². The van der Waals surface area contributed by atoms with Crippen molar-refractivity contribution >= 4 is 11.6 Å². The molecule has 9 nitrogen and oxygen atoms in total. The van der Waals surface area contributed by atoms with Crippen molar-refractivity contribution in [3.8, 4) is 28.0 Å². The van der Waals surface area contributed by atoms with Gasteiger partial charge >= 0.3 is 5.69 Å². The molecule has 1 amide bonds. The van der Waals surface area contributed by atoms with Gasteiger partial charge in [0.05, 0.1) is 7.11 Å². The predicted molar refractivity (Wildman–Crippen MR) is 169 cm³/mol. The molecule has 1 aromatic heterocycles. The number of aromatic nitrogens is 2. The van der Waals surface area contributed by atoms with Crippen LogP contribution in [0, 0.1) is 19.7 Å². The molecule has 1 aliphatic rings. The van der Waals surface area contributed by atoms with E-state index in [1.54, 1.807) is 19.2 Å². The van der Waals surface area contributed by atoms with E-state index >= 15 is 4.39 Å². The second-order valence-electron chi connectivity index (χ2n) is 11.1. The highest BCUT2D eigenvalue weighted by Crippen LogP contribution is 2.37. The molecule has 0 radical (unpaired) electrons. The second kappa shape index (κ2) is 13.0. The molecule has 0 spiro atoms. The minimum Gasteiger partial charge on any atom is -0.496 e. The lowest BCUT2D eigenvalue weighted by Gasteiger charge is -2.24. The Hall–Kier alpha value is -4.54. The normalized spacial score (nSPS) is 13.6. The number of aryl methyl sites for hydroxylation is 1. The lowest BCUT2D eigenvalue weighted by atomic mass is 9.90. The molecule has 0 atom stereocenters. The predicted octanol–water partition coefficient (Wildman–Crippen LogP) is 4.70. The van der Waals surface area contributed by atoms with Gasteiger partial charge in [0.25, 0.3) is 11.5 Å². The van der Waals surface area contributed by atoms with Crippen LogP contribution in [0.25, 0.3) is 22.3 Å². The number of methoxy groups -OCH3 is 1. The molecule has 5 rings (SSSR count). The first-order chi connectivity index (χ1) is 21.1. The van der Waals surface area contributed by atoms with Crippen LogP contribution in [0.3, 0.4) is 0 Å². The number of hydrogen-bond donors (Lipinski definition) is 2. The molecule has 1 aliphatic heterocycles. The number of rotatable bonds is 8. The summed E-state index contributed by atoms with van der Waals surface area (Å²) in [6.45, 7) is 5.64. The van der Waals surface area contributed by atoms with E-state index in [9.17, 15) is 14.4 Å². The molecule has 10 heteroatoms. The topological polar surface area (TPSA) is 104 Å². The fourth-order valence-electron chi connectivity index (χ4n) is 5.73. The highest BCUT2D eigenvalue weighted by molar-refractivity contribution is 6.04. The fourth-order valence-corrected chi connectivity index (χ4v) is 5.73. The summed E-state index contributed by atoms with van der Waals surface area (Å²) in [5.41, 5.74) is 4.76. The van der Waals surface area contributed by atoms with Crippen molar-refractivity contribution < 1.29 is 18.7 Å². The van der Waals surface area contributed by atoms with E-state index in [1.165, 1.54) is 24.9 Å². The summed E-state index contributed by atoms with van der Waals surface area (Å²) < 4.78 is 28.7. The van der Waals surface area contributed by atoms with Crippen molar-refractivity contribution in [3.63, 3.8) is 0 Å². The van der Waals surface area contributed by atoms with Crippen molar-refractivity contribution in [1.29, 1.82) is 0 Å². The van der Waals surface area contributed by atoms with Crippen LogP contribution in [0.4, 0.5) is 10.1 Å². The molecule has 2 N–H and O–H groups in total. The molecule has 0 bridgehead atoms. The van der Waals surface area contributed by atoms with Gasteiger partial charge in [0.2, 0.25) is 0 Å². The maximum Gasteiger partial charge on any atom is 0.330 e. The Morgan fingerprint density at radius 3 is 2.36 bits per heavy atom. The Morgan fingerprint density at radius 1 is 1.00 bits per heavy atom. The minimum atomic E-state index is -0.670. The second-order valence-corrected chi connectivity index (χ2v) is 11.1. The van der Waals surface area contributed by atoms with E-state index in [4.69, 9.17) is 9.47 Å². The molecule has 0 aliphatic carbocycles. The first-order valence-electron chi connectivity index (χ1n) is 14.6. The van der Waals surface area contributed by atoms with Gasteiger partial charge in [0, 0.05) is 57.3 Å². The average molecular weight is 601 g/mol. The third-order valence-corrected chi connectivity index (χ3v) is 8.37. The van der Waals surface area contributed by atoms with Gasteiger partial charge in [-0.1, -0.05) is 30.3 Å². The van der Waals surface area contributed by atoms with Crippen molar-refractivity contribution in [1.82, 2.24) is 14.5 Å². The zero-order chi connectivity index (χ0) is 31.5. The quantitative estimate of drug-likeness (QED) is 0.304. The molecule has 3 aromatic carbocycles. The Kier molecular flexibility index (Phi) is 9.12. The van der Waals surface area contributed by atoms with Crippen molar-refractivity contribution in [2.75, 3.05) is 25.6 Å². The summed E-state index contributed by atoms with van der Waals surface area (Å²) >= 11 is 0.